The first-order chi connectivity index (χ1) is 14.0. The molecule has 1 N–H and O–H groups in total. The summed E-state index contributed by atoms with van der Waals surface area (Å²) in [4.78, 5) is 4.25. The summed E-state index contributed by atoms with van der Waals surface area (Å²) >= 11 is 1.09. The fraction of sp³-hybridized carbons (Fsp3) is 0.300. The van der Waals surface area contributed by atoms with E-state index >= 15 is 0 Å². The number of aromatic nitrogens is 2. The summed E-state index contributed by atoms with van der Waals surface area (Å²) in [5.74, 6) is 0.0381. The highest BCUT2D eigenvalue weighted by Crippen LogP contribution is 2.29. The minimum absolute atomic E-state index is 0.189. The highest BCUT2D eigenvalue weighted by molar-refractivity contribution is 7.91. The predicted octanol–water partition coefficient (Wildman–Crippen LogP) is 4.77. The van der Waals surface area contributed by atoms with Gasteiger partial charge in [-0.1, -0.05) is 28.9 Å². The molecule has 29 heavy (non-hydrogen) atoms. The first-order valence-electron chi connectivity index (χ1n) is 9.37. The first-order valence-corrected chi connectivity index (χ1v) is 11.7. The van der Waals surface area contributed by atoms with Crippen molar-refractivity contribution in [2.24, 2.45) is 0 Å². The van der Waals surface area contributed by atoms with Crippen molar-refractivity contribution in [1.29, 1.82) is 0 Å². The van der Waals surface area contributed by atoms with E-state index in [1.165, 1.54) is 36.6 Å². The molecule has 6 nitrogen and oxygen atoms in total. The summed E-state index contributed by atoms with van der Waals surface area (Å²) in [5.41, 5.74) is 2.32. The van der Waals surface area contributed by atoms with Gasteiger partial charge in [0.25, 0.3) is 5.89 Å². The van der Waals surface area contributed by atoms with Crippen molar-refractivity contribution in [1.82, 2.24) is 14.9 Å². The Morgan fingerprint density at radius 1 is 1.21 bits per heavy atom. The maximum atomic E-state index is 13.4. The van der Waals surface area contributed by atoms with E-state index in [0.717, 1.165) is 30.6 Å². The minimum Gasteiger partial charge on any atom is -0.334 e. The van der Waals surface area contributed by atoms with Crippen molar-refractivity contribution in [2.45, 2.75) is 36.3 Å². The van der Waals surface area contributed by atoms with E-state index in [1.807, 2.05) is 0 Å². The predicted molar refractivity (Wildman–Crippen MR) is 109 cm³/mol. The Hall–Kier alpha value is -2.36. The molecule has 0 fully saturated rings. The Morgan fingerprint density at radius 3 is 2.90 bits per heavy atom. The zero-order valence-electron chi connectivity index (χ0n) is 15.6. The lowest BCUT2D eigenvalue weighted by Crippen LogP contribution is -2.24. The van der Waals surface area contributed by atoms with Gasteiger partial charge in [-0.05, 0) is 50.3 Å². The maximum Gasteiger partial charge on any atom is 0.259 e. The van der Waals surface area contributed by atoms with Crippen LogP contribution < -0.4 is 4.72 Å². The van der Waals surface area contributed by atoms with Gasteiger partial charge in [0.1, 0.15) is 10.0 Å². The van der Waals surface area contributed by atoms with Crippen molar-refractivity contribution < 1.29 is 17.3 Å². The second kappa shape index (κ2) is 8.56. The topological polar surface area (TPSA) is 85.1 Å². The fourth-order valence-electron chi connectivity index (χ4n) is 3.20. The van der Waals surface area contributed by atoms with Crippen LogP contribution in [0.1, 0.15) is 32.1 Å². The molecule has 1 aromatic carbocycles. The minimum atomic E-state index is -3.60. The molecule has 152 valence electrons. The lowest BCUT2D eigenvalue weighted by Gasteiger charge is -2.12. The Balaban J connectivity index is 1.44. The Morgan fingerprint density at radius 2 is 2.10 bits per heavy atom. The molecule has 0 atom stereocenters. The van der Waals surface area contributed by atoms with E-state index in [1.54, 1.807) is 17.5 Å². The zero-order chi connectivity index (χ0) is 20.3. The van der Waals surface area contributed by atoms with Crippen molar-refractivity contribution in [3.05, 3.63) is 53.2 Å². The summed E-state index contributed by atoms with van der Waals surface area (Å²) in [7, 11) is -3.60. The Kier molecular flexibility index (Phi) is 5.89. The van der Waals surface area contributed by atoms with E-state index in [4.69, 9.17) is 4.52 Å². The standard InChI is InChI=1S/C20H20FN3O3S2/c21-17-8-4-7-15(11-17)19-23-20(27-24-19)16-12-18(28-13-16)29(25,26)22-10-9-14-5-2-1-3-6-14/h4-5,7-8,11-13,22H,1-3,6,9-10H2. The average molecular weight is 434 g/mol. The van der Waals surface area contributed by atoms with Crippen LogP contribution in [0.5, 0.6) is 0 Å². The van der Waals surface area contributed by atoms with Crippen molar-refractivity contribution in [3.8, 4) is 22.8 Å². The number of rotatable bonds is 7. The lowest BCUT2D eigenvalue weighted by molar-refractivity contribution is 0.432. The number of thiophene rings is 1. The molecule has 2 heterocycles. The van der Waals surface area contributed by atoms with Crippen LogP contribution in [0.15, 0.2) is 56.1 Å². The molecule has 4 rings (SSSR count). The maximum absolute atomic E-state index is 13.4. The molecular weight excluding hydrogens is 413 g/mol. The van der Waals surface area contributed by atoms with Crippen molar-refractivity contribution in [2.75, 3.05) is 6.54 Å². The lowest BCUT2D eigenvalue weighted by atomic mass is 9.97. The van der Waals surface area contributed by atoms with Gasteiger partial charge in [0.05, 0.1) is 5.56 Å². The fourth-order valence-corrected chi connectivity index (χ4v) is 5.43. The SMILES string of the molecule is O=S(=O)(NCCC1=CCCCC1)c1cc(-c2nc(-c3cccc(F)c3)no2)cs1. The van der Waals surface area contributed by atoms with Crippen LogP contribution in [0, 0.1) is 5.82 Å². The largest absolute Gasteiger partial charge is 0.334 e. The number of hydrogen-bond donors (Lipinski definition) is 1. The molecule has 0 saturated carbocycles. The third-order valence-electron chi connectivity index (χ3n) is 4.72. The molecule has 0 unspecified atom stereocenters. The van der Waals surface area contributed by atoms with Crippen LogP contribution in [0.2, 0.25) is 0 Å². The summed E-state index contributed by atoms with van der Waals surface area (Å²) < 4.78 is 46.6. The summed E-state index contributed by atoms with van der Waals surface area (Å²) in [6, 6.07) is 7.38. The number of sulfonamides is 1. The number of allylic oxidation sites excluding steroid dienone is 1. The molecule has 9 heteroatoms. The third kappa shape index (κ3) is 4.80. The van der Waals surface area contributed by atoms with Crippen LogP contribution in [-0.4, -0.2) is 25.1 Å². The molecule has 3 aromatic rings. The number of nitrogens with zero attached hydrogens (tertiary/aromatic N) is 2. The van der Waals surface area contributed by atoms with Crippen molar-refractivity contribution in [3.63, 3.8) is 0 Å². The summed E-state index contributed by atoms with van der Waals surface area (Å²) in [5, 5.41) is 5.51. The molecule has 0 spiro atoms. The van der Waals surface area contributed by atoms with Gasteiger partial charge in [0, 0.05) is 17.5 Å². The van der Waals surface area contributed by atoms with E-state index < -0.39 is 15.8 Å². The number of hydrogen-bond acceptors (Lipinski definition) is 6. The highest BCUT2D eigenvalue weighted by Gasteiger charge is 2.20. The van der Waals surface area contributed by atoms with E-state index in [2.05, 4.69) is 20.9 Å². The number of halogens is 1. The van der Waals surface area contributed by atoms with Gasteiger partial charge in [-0.15, -0.1) is 11.3 Å². The van der Waals surface area contributed by atoms with Crippen LogP contribution in [0.3, 0.4) is 0 Å². The summed E-state index contributed by atoms with van der Waals surface area (Å²) in [6.07, 6.45) is 7.47. The van der Waals surface area contributed by atoms with Gasteiger partial charge < -0.3 is 4.52 Å². The molecule has 1 aliphatic rings. The average Bonchev–Trinajstić information content (AvgIpc) is 3.39. The first kappa shape index (κ1) is 19.9. The number of benzene rings is 1. The van der Waals surface area contributed by atoms with E-state index in [-0.39, 0.29) is 15.9 Å². The molecule has 2 aromatic heterocycles. The molecular formula is C20H20FN3O3S2. The van der Waals surface area contributed by atoms with Crippen LogP contribution in [0.25, 0.3) is 22.8 Å². The Labute approximate surface area is 172 Å². The molecule has 0 bridgehead atoms. The zero-order valence-corrected chi connectivity index (χ0v) is 17.2. The molecule has 1 aliphatic carbocycles. The molecule has 0 saturated heterocycles. The quantitative estimate of drug-likeness (QED) is 0.543. The van der Waals surface area contributed by atoms with Gasteiger partial charge in [-0.25, -0.2) is 17.5 Å². The smallest absolute Gasteiger partial charge is 0.259 e. The Bertz CT molecular complexity index is 1140. The third-order valence-corrected chi connectivity index (χ3v) is 7.62. The van der Waals surface area contributed by atoms with Crippen LogP contribution in [-0.2, 0) is 10.0 Å². The van der Waals surface area contributed by atoms with Gasteiger partial charge >= 0.3 is 0 Å². The molecule has 0 radical (unpaired) electrons. The van der Waals surface area contributed by atoms with Crippen molar-refractivity contribution >= 4 is 21.4 Å². The van der Waals surface area contributed by atoms with Gasteiger partial charge in [-0.3, -0.25) is 0 Å². The van der Waals surface area contributed by atoms with Gasteiger partial charge in [0.15, 0.2) is 0 Å². The van der Waals surface area contributed by atoms with Crippen LogP contribution >= 0.6 is 11.3 Å². The van der Waals surface area contributed by atoms with E-state index in [9.17, 15) is 12.8 Å². The number of nitrogens with one attached hydrogen (secondary N) is 1. The highest BCUT2D eigenvalue weighted by atomic mass is 32.2. The normalized spacial score (nSPS) is 14.7. The second-order valence-electron chi connectivity index (χ2n) is 6.84. The molecule has 0 aliphatic heterocycles. The van der Waals surface area contributed by atoms with Gasteiger partial charge in [-0.2, -0.15) is 4.98 Å². The molecule has 0 amide bonds. The summed E-state index contributed by atoms with van der Waals surface area (Å²) in [6.45, 7) is 0.381. The second-order valence-corrected chi connectivity index (χ2v) is 9.75. The van der Waals surface area contributed by atoms with Crippen LogP contribution in [0.4, 0.5) is 4.39 Å². The van der Waals surface area contributed by atoms with Gasteiger partial charge in [0.2, 0.25) is 15.8 Å². The monoisotopic (exact) mass is 433 g/mol. The van der Waals surface area contributed by atoms with E-state index in [0.29, 0.717) is 17.7 Å².